The largest absolute Gasteiger partial charge is 0.324 e. The van der Waals surface area contributed by atoms with E-state index in [0.717, 1.165) is 21.4 Å². The molecule has 3 N–H and O–H groups in total. The number of anilines is 2. The summed E-state index contributed by atoms with van der Waals surface area (Å²) in [5.41, 5.74) is 3.72. The van der Waals surface area contributed by atoms with Gasteiger partial charge in [0.1, 0.15) is 0 Å². The van der Waals surface area contributed by atoms with Gasteiger partial charge in [-0.1, -0.05) is 6.07 Å². The summed E-state index contributed by atoms with van der Waals surface area (Å²) < 4.78 is 0. The first-order valence-corrected chi connectivity index (χ1v) is 8.76. The van der Waals surface area contributed by atoms with Gasteiger partial charge in [-0.05, 0) is 43.7 Å². The number of aromatic amines is 1. The van der Waals surface area contributed by atoms with Crippen molar-refractivity contribution in [2.45, 2.75) is 24.0 Å². The molecule has 1 aliphatic rings. The molecule has 0 radical (unpaired) electrons. The van der Waals surface area contributed by atoms with Crippen LogP contribution >= 0.6 is 11.8 Å². The molecule has 0 saturated carbocycles. The quantitative estimate of drug-likeness (QED) is 0.658. The van der Waals surface area contributed by atoms with Gasteiger partial charge in [-0.15, -0.1) is 11.8 Å². The van der Waals surface area contributed by atoms with Crippen molar-refractivity contribution in [3.8, 4) is 0 Å². The third kappa shape index (κ3) is 2.76. The second-order valence-corrected chi connectivity index (χ2v) is 7.39. The Morgan fingerprint density at radius 2 is 2.12 bits per heavy atom. The van der Waals surface area contributed by atoms with Gasteiger partial charge in [0.2, 0.25) is 5.91 Å². The van der Waals surface area contributed by atoms with E-state index in [1.807, 2.05) is 32.0 Å². The number of fused-ring (bicyclic) bond motifs is 2. The molecule has 0 fully saturated rings. The first-order valence-electron chi connectivity index (χ1n) is 7.88. The van der Waals surface area contributed by atoms with E-state index < -0.39 is 0 Å². The fourth-order valence-corrected chi connectivity index (χ4v) is 3.75. The zero-order valence-corrected chi connectivity index (χ0v) is 14.5. The molecule has 0 unspecified atom stereocenters. The summed E-state index contributed by atoms with van der Waals surface area (Å²) in [7, 11) is 0. The van der Waals surface area contributed by atoms with Crippen molar-refractivity contribution >= 4 is 45.9 Å². The number of hydrogen-bond donors (Lipinski definition) is 3. The number of aromatic nitrogens is 2. The number of carbonyl (C=O) groups is 2. The van der Waals surface area contributed by atoms with Crippen LogP contribution in [0.15, 0.2) is 41.4 Å². The molecule has 2 amide bonds. The normalized spacial score (nSPS) is 16.4. The summed E-state index contributed by atoms with van der Waals surface area (Å²) in [6.45, 7) is 3.85. The highest BCUT2D eigenvalue weighted by Gasteiger charge is 2.24. The van der Waals surface area contributed by atoms with E-state index in [-0.39, 0.29) is 17.1 Å². The maximum atomic E-state index is 12.6. The lowest BCUT2D eigenvalue weighted by Gasteiger charge is -2.21. The second kappa shape index (κ2) is 5.93. The molecule has 2 aromatic carbocycles. The van der Waals surface area contributed by atoms with E-state index in [1.54, 1.807) is 18.3 Å². The Morgan fingerprint density at radius 1 is 1.28 bits per heavy atom. The third-order valence-corrected chi connectivity index (χ3v) is 5.43. The first kappa shape index (κ1) is 15.7. The molecule has 3 aromatic rings. The summed E-state index contributed by atoms with van der Waals surface area (Å²) in [5, 5.41) is 13.6. The number of hydrogen-bond acceptors (Lipinski definition) is 4. The Bertz CT molecular complexity index is 1010. The maximum Gasteiger partial charge on any atom is 0.255 e. The molecule has 0 spiro atoms. The molecule has 1 atom stereocenters. The standard InChI is InChI=1S/C18H16N4O2S/c1-9-3-5-13(16-12(9)8-19-22-16)20-18(24)11-4-6-15-14(7-11)21-17(23)10(2)25-15/h3-8,10H,1-2H3,(H,19,22)(H,20,24)(H,21,23)/t10-/m0/s1. The number of nitrogens with one attached hydrogen (secondary N) is 3. The number of benzene rings is 2. The van der Waals surface area contributed by atoms with Crippen molar-refractivity contribution in [2.75, 3.05) is 10.6 Å². The minimum atomic E-state index is -0.236. The van der Waals surface area contributed by atoms with Crippen LogP contribution in [0, 0.1) is 6.92 Å². The van der Waals surface area contributed by atoms with Gasteiger partial charge in [0.05, 0.1) is 28.3 Å². The summed E-state index contributed by atoms with van der Waals surface area (Å²) in [4.78, 5) is 25.4. The van der Waals surface area contributed by atoms with Gasteiger partial charge < -0.3 is 10.6 Å². The fourth-order valence-electron chi connectivity index (χ4n) is 2.82. The number of aryl methyl sites for hydroxylation is 1. The van der Waals surface area contributed by atoms with Crippen molar-refractivity contribution in [1.29, 1.82) is 0 Å². The van der Waals surface area contributed by atoms with Gasteiger partial charge in [-0.3, -0.25) is 14.7 Å². The highest BCUT2D eigenvalue weighted by molar-refractivity contribution is 8.00. The summed E-state index contributed by atoms with van der Waals surface area (Å²) in [6, 6.07) is 9.14. The predicted octanol–water partition coefficient (Wildman–Crippen LogP) is 3.56. The van der Waals surface area contributed by atoms with Crippen molar-refractivity contribution in [2.24, 2.45) is 0 Å². The average molecular weight is 352 g/mol. The predicted molar refractivity (Wildman–Crippen MR) is 99.2 cm³/mol. The second-order valence-electron chi connectivity index (χ2n) is 6.00. The molecule has 126 valence electrons. The van der Waals surface area contributed by atoms with Crippen molar-refractivity contribution in [1.82, 2.24) is 10.2 Å². The summed E-state index contributed by atoms with van der Waals surface area (Å²) in [6.07, 6.45) is 1.74. The lowest BCUT2D eigenvalue weighted by atomic mass is 10.1. The Hall–Kier alpha value is -2.80. The fraction of sp³-hybridized carbons (Fsp3) is 0.167. The van der Waals surface area contributed by atoms with Gasteiger partial charge >= 0.3 is 0 Å². The number of H-pyrrole nitrogens is 1. The van der Waals surface area contributed by atoms with Gasteiger partial charge in [0.25, 0.3) is 5.91 Å². The average Bonchev–Trinajstić information content (AvgIpc) is 3.09. The van der Waals surface area contributed by atoms with Gasteiger partial charge in [0, 0.05) is 15.8 Å². The maximum absolute atomic E-state index is 12.6. The topological polar surface area (TPSA) is 86.9 Å². The monoisotopic (exact) mass is 352 g/mol. The smallest absolute Gasteiger partial charge is 0.255 e. The zero-order chi connectivity index (χ0) is 17.6. The van der Waals surface area contributed by atoms with Crippen LogP contribution in [-0.4, -0.2) is 27.3 Å². The van der Waals surface area contributed by atoms with Crippen LogP contribution in [0.1, 0.15) is 22.8 Å². The Morgan fingerprint density at radius 3 is 2.96 bits per heavy atom. The van der Waals surface area contributed by atoms with Crippen LogP contribution in [-0.2, 0) is 4.79 Å². The van der Waals surface area contributed by atoms with Crippen LogP contribution in [0.3, 0.4) is 0 Å². The summed E-state index contributed by atoms with van der Waals surface area (Å²) in [5.74, 6) is -0.284. The Kier molecular flexibility index (Phi) is 3.73. The van der Waals surface area contributed by atoms with E-state index in [9.17, 15) is 9.59 Å². The molecule has 0 saturated heterocycles. The lowest BCUT2D eigenvalue weighted by Crippen LogP contribution is -2.26. The van der Waals surface area contributed by atoms with Crippen molar-refractivity contribution in [3.05, 3.63) is 47.7 Å². The molecule has 2 heterocycles. The number of nitrogens with zero attached hydrogens (tertiary/aromatic N) is 1. The highest BCUT2D eigenvalue weighted by Crippen LogP contribution is 2.36. The van der Waals surface area contributed by atoms with Crippen molar-refractivity contribution < 1.29 is 9.59 Å². The molecule has 4 rings (SSSR count). The van der Waals surface area contributed by atoms with Gasteiger partial charge in [-0.2, -0.15) is 5.10 Å². The van der Waals surface area contributed by atoms with E-state index >= 15 is 0 Å². The SMILES string of the molecule is Cc1ccc(NC(=O)c2ccc3c(c2)NC(=O)[C@H](C)S3)c2[nH]ncc12. The van der Waals surface area contributed by atoms with Crippen molar-refractivity contribution in [3.63, 3.8) is 0 Å². The molecule has 0 bridgehead atoms. The third-order valence-electron chi connectivity index (χ3n) is 4.25. The number of rotatable bonds is 2. The van der Waals surface area contributed by atoms with E-state index in [1.165, 1.54) is 11.8 Å². The van der Waals surface area contributed by atoms with Crippen LogP contribution in [0.2, 0.25) is 0 Å². The van der Waals surface area contributed by atoms with E-state index in [2.05, 4.69) is 20.8 Å². The highest BCUT2D eigenvalue weighted by atomic mass is 32.2. The van der Waals surface area contributed by atoms with Crippen LogP contribution in [0.5, 0.6) is 0 Å². The number of amides is 2. The molecule has 25 heavy (non-hydrogen) atoms. The van der Waals surface area contributed by atoms with Crippen LogP contribution in [0.4, 0.5) is 11.4 Å². The molecule has 1 aliphatic heterocycles. The molecule has 6 nitrogen and oxygen atoms in total. The number of thioether (sulfide) groups is 1. The molecule has 7 heteroatoms. The van der Waals surface area contributed by atoms with Crippen LogP contribution < -0.4 is 10.6 Å². The zero-order valence-electron chi connectivity index (χ0n) is 13.7. The number of carbonyl (C=O) groups excluding carboxylic acids is 2. The van der Waals surface area contributed by atoms with Gasteiger partial charge in [-0.25, -0.2) is 0 Å². The molecular weight excluding hydrogens is 336 g/mol. The van der Waals surface area contributed by atoms with E-state index in [4.69, 9.17) is 0 Å². The van der Waals surface area contributed by atoms with E-state index in [0.29, 0.717) is 16.9 Å². The van der Waals surface area contributed by atoms with Gasteiger partial charge in [0.15, 0.2) is 0 Å². The molecule has 0 aliphatic carbocycles. The minimum Gasteiger partial charge on any atom is -0.324 e. The molecular formula is C18H16N4O2S. The lowest BCUT2D eigenvalue weighted by molar-refractivity contribution is -0.115. The Labute approximate surface area is 148 Å². The van der Waals surface area contributed by atoms with Crippen LogP contribution in [0.25, 0.3) is 10.9 Å². The summed E-state index contributed by atoms with van der Waals surface area (Å²) >= 11 is 1.49. The molecule has 1 aromatic heterocycles. The Balaban J connectivity index is 1.63. The minimum absolute atomic E-state index is 0.0484. The first-order chi connectivity index (χ1) is 12.0.